The molecule has 5 nitrogen and oxygen atoms in total. The smallest absolute Gasteiger partial charge is 0.0904 e. The van der Waals surface area contributed by atoms with Gasteiger partial charge in [0.05, 0.1) is 22.4 Å². The minimum absolute atomic E-state index is 0.125. The molecule has 1 atom stereocenters. The van der Waals surface area contributed by atoms with Crippen LogP contribution in [0.2, 0.25) is 0 Å². The van der Waals surface area contributed by atoms with E-state index >= 15 is 0 Å². The second kappa shape index (κ2) is 5.39. The molecule has 90 valence electrons. The highest BCUT2D eigenvalue weighted by Crippen LogP contribution is 2.27. The number of pyridine rings is 1. The zero-order chi connectivity index (χ0) is 12.3. The Kier molecular flexibility index (Phi) is 3.88. The van der Waals surface area contributed by atoms with Crippen molar-refractivity contribution >= 4 is 15.9 Å². The van der Waals surface area contributed by atoms with E-state index in [4.69, 9.17) is 5.84 Å². The van der Waals surface area contributed by atoms with Crippen LogP contribution in [0.3, 0.4) is 0 Å². The van der Waals surface area contributed by atoms with Gasteiger partial charge in [-0.2, -0.15) is 5.10 Å². The molecule has 0 fully saturated rings. The van der Waals surface area contributed by atoms with Crippen LogP contribution < -0.4 is 11.3 Å². The zero-order valence-corrected chi connectivity index (χ0v) is 11.1. The Balaban J connectivity index is 2.45. The van der Waals surface area contributed by atoms with Crippen molar-refractivity contribution in [2.45, 2.75) is 19.5 Å². The van der Waals surface area contributed by atoms with E-state index < -0.39 is 0 Å². The summed E-state index contributed by atoms with van der Waals surface area (Å²) in [5.41, 5.74) is 4.81. The summed E-state index contributed by atoms with van der Waals surface area (Å²) in [5.74, 6) is 5.65. The first-order chi connectivity index (χ1) is 8.27. The lowest BCUT2D eigenvalue weighted by atomic mass is 10.1. The molecule has 6 heteroatoms. The number of aryl methyl sites for hydroxylation is 1. The molecule has 0 spiro atoms. The maximum Gasteiger partial charge on any atom is 0.0904 e. The van der Waals surface area contributed by atoms with Crippen molar-refractivity contribution in [3.63, 3.8) is 0 Å². The molecular weight excluding hydrogens is 282 g/mol. The van der Waals surface area contributed by atoms with Gasteiger partial charge in [0, 0.05) is 18.9 Å². The maximum atomic E-state index is 5.65. The molecule has 1 unspecified atom stereocenters. The first kappa shape index (κ1) is 12.2. The predicted octanol–water partition coefficient (Wildman–Crippen LogP) is 1.61. The van der Waals surface area contributed by atoms with E-state index in [9.17, 15) is 0 Å². The third-order valence-corrected chi connectivity index (χ3v) is 3.20. The number of aromatic nitrogens is 3. The SMILES string of the molecule is CCn1ncc(Br)c1C(NN)c1cccnc1. The average Bonchev–Trinajstić information content (AvgIpc) is 2.74. The van der Waals surface area contributed by atoms with E-state index in [2.05, 4.69) is 31.4 Å². The van der Waals surface area contributed by atoms with Gasteiger partial charge in [-0.15, -0.1) is 0 Å². The molecule has 0 bridgehead atoms. The molecule has 0 aliphatic heterocycles. The summed E-state index contributed by atoms with van der Waals surface area (Å²) in [6.07, 6.45) is 5.31. The first-order valence-corrected chi connectivity index (χ1v) is 6.14. The van der Waals surface area contributed by atoms with Gasteiger partial charge in [-0.05, 0) is 34.5 Å². The fourth-order valence-corrected chi connectivity index (χ4v) is 2.32. The molecular formula is C11H14BrN5. The zero-order valence-electron chi connectivity index (χ0n) is 9.47. The molecule has 0 aliphatic rings. The lowest BCUT2D eigenvalue weighted by molar-refractivity contribution is 0.541. The number of nitrogens with two attached hydrogens (primary N) is 1. The van der Waals surface area contributed by atoms with E-state index in [1.807, 2.05) is 23.7 Å². The van der Waals surface area contributed by atoms with Gasteiger partial charge in [0.2, 0.25) is 0 Å². The van der Waals surface area contributed by atoms with E-state index in [1.165, 1.54) is 0 Å². The highest BCUT2D eigenvalue weighted by Gasteiger charge is 2.20. The van der Waals surface area contributed by atoms with Crippen molar-refractivity contribution in [2.75, 3.05) is 0 Å². The number of rotatable bonds is 4. The van der Waals surface area contributed by atoms with Crippen molar-refractivity contribution in [1.82, 2.24) is 20.2 Å². The van der Waals surface area contributed by atoms with Crippen LogP contribution in [0.25, 0.3) is 0 Å². The van der Waals surface area contributed by atoms with Gasteiger partial charge in [0.15, 0.2) is 0 Å². The summed E-state index contributed by atoms with van der Waals surface area (Å²) >= 11 is 3.50. The molecule has 2 aromatic heterocycles. The number of nitrogens with one attached hydrogen (secondary N) is 1. The Morgan fingerprint density at radius 2 is 2.35 bits per heavy atom. The van der Waals surface area contributed by atoms with Crippen LogP contribution in [0.15, 0.2) is 35.2 Å². The molecule has 2 rings (SSSR count). The number of hydrazine groups is 1. The number of hydrogen-bond acceptors (Lipinski definition) is 4. The fourth-order valence-electron chi connectivity index (χ4n) is 1.79. The molecule has 2 heterocycles. The molecule has 0 aliphatic carbocycles. The normalized spacial score (nSPS) is 12.6. The Morgan fingerprint density at radius 1 is 1.53 bits per heavy atom. The summed E-state index contributed by atoms with van der Waals surface area (Å²) in [5, 5.41) is 4.28. The van der Waals surface area contributed by atoms with Gasteiger partial charge in [0.25, 0.3) is 0 Å². The average molecular weight is 296 g/mol. The molecule has 3 N–H and O–H groups in total. The standard InChI is InChI=1S/C11H14BrN5/c1-2-17-11(9(12)7-15-17)10(16-13)8-4-3-5-14-6-8/h3-7,10,16H,2,13H2,1H3. The summed E-state index contributed by atoms with van der Waals surface area (Å²) in [7, 11) is 0. The minimum atomic E-state index is -0.125. The van der Waals surface area contributed by atoms with Crippen LogP contribution in [-0.4, -0.2) is 14.8 Å². The van der Waals surface area contributed by atoms with Crippen molar-refractivity contribution in [3.05, 3.63) is 46.5 Å². The number of halogens is 1. The first-order valence-electron chi connectivity index (χ1n) is 5.35. The number of nitrogens with zero attached hydrogens (tertiary/aromatic N) is 3. The topological polar surface area (TPSA) is 68.8 Å². The van der Waals surface area contributed by atoms with Crippen molar-refractivity contribution < 1.29 is 0 Å². The lowest BCUT2D eigenvalue weighted by Gasteiger charge is -2.18. The third-order valence-electron chi connectivity index (χ3n) is 2.59. The van der Waals surface area contributed by atoms with Gasteiger partial charge in [-0.25, -0.2) is 5.43 Å². The molecule has 0 radical (unpaired) electrons. The Labute approximate surface area is 108 Å². The Bertz CT molecular complexity index is 482. The summed E-state index contributed by atoms with van der Waals surface area (Å²) in [4.78, 5) is 4.11. The van der Waals surface area contributed by atoms with Gasteiger partial charge in [0.1, 0.15) is 0 Å². The second-order valence-electron chi connectivity index (χ2n) is 3.58. The summed E-state index contributed by atoms with van der Waals surface area (Å²) < 4.78 is 2.84. The van der Waals surface area contributed by atoms with E-state index in [1.54, 1.807) is 18.6 Å². The predicted molar refractivity (Wildman–Crippen MR) is 69.0 cm³/mol. The Morgan fingerprint density at radius 3 is 2.94 bits per heavy atom. The van der Waals surface area contributed by atoms with Crippen LogP contribution in [0.4, 0.5) is 0 Å². The molecule has 0 aromatic carbocycles. The van der Waals surface area contributed by atoms with Crippen LogP contribution in [0.1, 0.15) is 24.2 Å². The molecule has 0 amide bonds. The van der Waals surface area contributed by atoms with Crippen LogP contribution >= 0.6 is 15.9 Å². The van der Waals surface area contributed by atoms with Gasteiger partial charge >= 0.3 is 0 Å². The summed E-state index contributed by atoms with van der Waals surface area (Å²) in [6, 6.07) is 3.75. The minimum Gasteiger partial charge on any atom is -0.271 e. The largest absolute Gasteiger partial charge is 0.271 e. The van der Waals surface area contributed by atoms with Gasteiger partial charge in [-0.3, -0.25) is 15.5 Å². The monoisotopic (exact) mass is 295 g/mol. The quantitative estimate of drug-likeness (QED) is 0.664. The van der Waals surface area contributed by atoms with Gasteiger partial charge in [-0.1, -0.05) is 6.07 Å². The highest BCUT2D eigenvalue weighted by atomic mass is 79.9. The van der Waals surface area contributed by atoms with Crippen molar-refractivity contribution in [1.29, 1.82) is 0 Å². The fraction of sp³-hybridized carbons (Fsp3) is 0.273. The lowest BCUT2D eigenvalue weighted by Crippen LogP contribution is -2.31. The van der Waals surface area contributed by atoms with Crippen LogP contribution in [-0.2, 0) is 6.54 Å². The van der Waals surface area contributed by atoms with Gasteiger partial charge < -0.3 is 0 Å². The maximum absolute atomic E-state index is 5.65. The van der Waals surface area contributed by atoms with Crippen molar-refractivity contribution in [2.24, 2.45) is 5.84 Å². The Hall–Kier alpha value is -1.24. The van der Waals surface area contributed by atoms with Crippen LogP contribution in [0.5, 0.6) is 0 Å². The molecule has 2 aromatic rings. The van der Waals surface area contributed by atoms with E-state index in [0.29, 0.717) is 0 Å². The second-order valence-corrected chi connectivity index (χ2v) is 4.43. The highest BCUT2D eigenvalue weighted by molar-refractivity contribution is 9.10. The molecule has 17 heavy (non-hydrogen) atoms. The van der Waals surface area contributed by atoms with E-state index in [-0.39, 0.29) is 6.04 Å². The number of hydrogen-bond donors (Lipinski definition) is 2. The van der Waals surface area contributed by atoms with E-state index in [0.717, 1.165) is 22.3 Å². The summed E-state index contributed by atoms with van der Waals surface area (Å²) in [6.45, 7) is 2.83. The molecule has 0 saturated heterocycles. The molecule has 0 saturated carbocycles. The van der Waals surface area contributed by atoms with Crippen molar-refractivity contribution in [3.8, 4) is 0 Å². The van der Waals surface area contributed by atoms with Crippen LogP contribution in [0, 0.1) is 0 Å². The third kappa shape index (κ3) is 2.38.